The molecule has 0 saturated carbocycles. The molecule has 0 amide bonds. The number of halogens is 3. The molecule has 0 unspecified atom stereocenters. The lowest BCUT2D eigenvalue weighted by Crippen LogP contribution is -2.51. The van der Waals surface area contributed by atoms with Crippen LogP contribution in [0.3, 0.4) is 0 Å². The third-order valence-electron chi connectivity index (χ3n) is 9.96. The van der Waals surface area contributed by atoms with Gasteiger partial charge in [-0.05, 0) is 49.9 Å². The predicted molar refractivity (Wildman–Crippen MR) is 165 cm³/mol. The van der Waals surface area contributed by atoms with Gasteiger partial charge in [0.05, 0.1) is 27.4 Å². The van der Waals surface area contributed by atoms with Crippen LogP contribution in [0, 0.1) is 34.3 Å². The molecule has 2 aromatic heterocycles. The molecule has 0 aliphatic carbocycles. The van der Waals surface area contributed by atoms with Crippen molar-refractivity contribution in [3.05, 3.63) is 41.0 Å². The summed E-state index contributed by atoms with van der Waals surface area (Å²) in [7, 11) is 0. The van der Waals surface area contributed by atoms with Crippen molar-refractivity contribution in [3.8, 4) is 29.3 Å². The zero-order valence-electron chi connectivity index (χ0n) is 24.2. The molecule has 9 nitrogen and oxygen atoms in total. The van der Waals surface area contributed by atoms with Gasteiger partial charge in [-0.25, -0.2) is 13.2 Å². The van der Waals surface area contributed by atoms with E-state index in [0.717, 1.165) is 43.6 Å². The first-order valence-corrected chi connectivity index (χ1v) is 16.0. The third-order valence-corrected chi connectivity index (χ3v) is 11.0. The molecule has 6 heterocycles. The number of rotatable bonds is 5. The number of aromatic nitrogens is 2. The van der Waals surface area contributed by atoms with Crippen LogP contribution in [0.15, 0.2) is 18.2 Å². The van der Waals surface area contributed by atoms with Gasteiger partial charge < -0.3 is 20.7 Å². The van der Waals surface area contributed by atoms with Gasteiger partial charge in [0.15, 0.2) is 5.82 Å². The van der Waals surface area contributed by atoms with Gasteiger partial charge in [0.2, 0.25) is 0 Å². The average Bonchev–Trinajstić information content (AvgIpc) is 3.76. The fourth-order valence-electron chi connectivity index (χ4n) is 7.97. The zero-order valence-corrected chi connectivity index (χ0v) is 25.1. The van der Waals surface area contributed by atoms with Crippen LogP contribution in [0.25, 0.3) is 32.1 Å². The molecule has 230 valence electrons. The molecule has 4 aliphatic heterocycles. The highest BCUT2D eigenvalue weighted by atomic mass is 32.1. The molecule has 8 rings (SSSR count). The van der Waals surface area contributed by atoms with Crippen LogP contribution in [-0.4, -0.2) is 71.4 Å². The van der Waals surface area contributed by atoms with E-state index in [0.29, 0.717) is 37.3 Å². The number of benzene rings is 2. The lowest BCUT2D eigenvalue weighted by atomic mass is 9.93. The van der Waals surface area contributed by atoms with Crippen LogP contribution < -0.4 is 20.7 Å². The number of alkyl halides is 1. The summed E-state index contributed by atoms with van der Waals surface area (Å²) < 4.78 is 52.6. The van der Waals surface area contributed by atoms with Crippen LogP contribution >= 0.6 is 11.3 Å². The molecule has 4 aromatic rings. The van der Waals surface area contributed by atoms with E-state index in [1.165, 1.54) is 12.1 Å². The number of nitrogen functional groups attached to an aromatic ring is 1. The first kappa shape index (κ1) is 28.3. The maximum atomic E-state index is 17.0. The number of ether oxygens (including phenoxy) is 1. The van der Waals surface area contributed by atoms with Crippen molar-refractivity contribution in [2.45, 2.75) is 55.9 Å². The van der Waals surface area contributed by atoms with Crippen LogP contribution in [0.2, 0.25) is 0 Å². The summed E-state index contributed by atoms with van der Waals surface area (Å²) in [5.41, 5.74) is 5.65. The van der Waals surface area contributed by atoms with Gasteiger partial charge in [-0.1, -0.05) is 6.07 Å². The molecule has 4 aliphatic rings. The second kappa shape index (κ2) is 10.4. The molecule has 2 bridgehead atoms. The summed E-state index contributed by atoms with van der Waals surface area (Å²) in [4.78, 5) is 13.6. The Morgan fingerprint density at radius 2 is 1.93 bits per heavy atom. The van der Waals surface area contributed by atoms with Gasteiger partial charge in [0.25, 0.3) is 0 Å². The van der Waals surface area contributed by atoms with Gasteiger partial charge in [-0.3, -0.25) is 4.90 Å². The number of nitrogens with two attached hydrogens (primary N) is 1. The largest absolute Gasteiger partial charge is 0.461 e. The van der Waals surface area contributed by atoms with Crippen molar-refractivity contribution >= 4 is 43.1 Å². The number of hydrogen-bond acceptors (Lipinski definition) is 10. The predicted octanol–water partition coefficient (Wildman–Crippen LogP) is 5.01. The van der Waals surface area contributed by atoms with E-state index in [1.807, 2.05) is 6.07 Å². The smallest absolute Gasteiger partial charge is 0.319 e. The molecule has 45 heavy (non-hydrogen) atoms. The Labute approximate surface area is 261 Å². The molecule has 0 spiro atoms. The molecule has 2 aromatic carbocycles. The fourth-order valence-corrected chi connectivity index (χ4v) is 8.92. The number of piperazine rings is 1. The molecular weight excluding hydrogens is 601 g/mol. The van der Waals surface area contributed by atoms with Gasteiger partial charge in [-0.15, -0.1) is 11.3 Å². The highest BCUT2D eigenvalue weighted by Gasteiger charge is 2.49. The van der Waals surface area contributed by atoms with Crippen LogP contribution in [0.4, 0.5) is 24.0 Å². The minimum Gasteiger partial charge on any atom is -0.461 e. The van der Waals surface area contributed by atoms with Crippen LogP contribution in [0.1, 0.15) is 43.2 Å². The summed E-state index contributed by atoms with van der Waals surface area (Å²) >= 11 is 0.903. The number of thiophene rings is 1. The summed E-state index contributed by atoms with van der Waals surface area (Å²) in [5.74, 6) is -0.932. The Bertz CT molecular complexity index is 1960. The number of hydrogen-bond donors (Lipinski definition) is 2. The Morgan fingerprint density at radius 3 is 2.69 bits per heavy atom. The van der Waals surface area contributed by atoms with E-state index in [4.69, 9.17) is 15.5 Å². The molecule has 3 N–H and O–H groups in total. The number of nitrogens with one attached hydrogen (secondary N) is 1. The Hall–Kier alpha value is -4.17. The van der Waals surface area contributed by atoms with E-state index >= 15 is 4.39 Å². The average molecular weight is 631 g/mol. The maximum absolute atomic E-state index is 17.0. The van der Waals surface area contributed by atoms with E-state index in [-0.39, 0.29) is 67.6 Å². The molecule has 4 saturated heterocycles. The van der Waals surface area contributed by atoms with Gasteiger partial charge in [0, 0.05) is 54.5 Å². The summed E-state index contributed by atoms with van der Waals surface area (Å²) in [5, 5.41) is 24.3. The van der Waals surface area contributed by atoms with E-state index < -0.39 is 23.3 Å². The molecular formula is C32H29F3N8OS. The van der Waals surface area contributed by atoms with Crippen LogP contribution in [0.5, 0.6) is 6.01 Å². The van der Waals surface area contributed by atoms with Crippen molar-refractivity contribution in [2.24, 2.45) is 0 Å². The minimum atomic E-state index is -0.931. The highest BCUT2D eigenvalue weighted by molar-refractivity contribution is 7.23. The fraction of sp³-hybridized carbons (Fsp3) is 0.438. The lowest BCUT2D eigenvalue weighted by Gasteiger charge is -2.34. The quantitative estimate of drug-likeness (QED) is 0.313. The Kier molecular flexibility index (Phi) is 6.57. The topological polar surface area (TPSA) is 127 Å². The second-order valence-electron chi connectivity index (χ2n) is 12.6. The number of fused-ring (bicyclic) bond motifs is 5. The maximum Gasteiger partial charge on any atom is 0.319 e. The molecule has 4 atom stereocenters. The van der Waals surface area contributed by atoms with Crippen molar-refractivity contribution in [2.75, 3.05) is 43.4 Å². The summed E-state index contributed by atoms with van der Waals surface area (Å²) in [6.45, 7) is 2.64. The number of nitriles is 2. The van der Waals surface area contributed by atoms with Crippen LogP contribution in [-0.2, 0) is 0 Å². The van der Waals surface area contributed by atoms with Gasteiger partial charge in [0.1, 0.15) is 41.0 Å². The lowest BCUT2D eigenvalue weighted by molar-refractivity contribution is 0.107. The highest BCUT2D eigenvalue weighted by Crippen LogP contribution is 2.45. The second-order valence-corrected chi connectivity index (χ2v) is 13.7. The monoisotopic (exact) mass is 630 g/mol. The van der Waals surface area contributed by atoms with Crippen molar-refractivity contribution in [3.63, 3.8) is 0 Å². The molecule has 0 radical (unpaired) electrons. The zero-order chi connectivity index (χ0) is 31.0. The van der Waals surface area contributed by atoms with Crippen molar-refractivity contribution < 1.29 is 17.9 Å². The van der Waals surface area contributed by atoms with Gasteiger partial charge in [-0.2, -0.15) is 20.5 Å². The Balaban J connectivity index is 1.31. The normalized spacial score (nSPS) is 26.0. The first-order valence-electron chi connectivity index (χ1n) is 15.2. The number of nitrogens with zero attached hydrogens (tertiary/aromatic N) is 6. The minimum absolute atomic E-state index is 0.00127. The SMILES string of the molecule is N#Cc1cc2c(N3C[C@H]4CC[C@@H](C3)N4)nc(OC[C@@]34CCCN3C[C@H](F)C4)nc2c(F)c1-c1ccc(F)c2sc(N)c(C#N)c12. The molecule has 13 heteroatoms. The van der Waals surface area contributed by atoms with E-state index in [2.05, 4.69) is 26.2 Å². The van der Waals surface area contributed by atoms with Crippen molar-refractivity contribution in [1.29, 1.82) is 10.5 Å². The summed E-state index contributed by atoms with van der Waals surface area (Å²) in [6.07, 6.45) is 3.21. The van der Waals surface area contributed by atoms with Crippen molar-refractivity contribution in [1.82, 2.24) is 20.2 Å². The standard InChI is InChI=1S/C32H29F3N8OS/c33-17-9-32(6-1-7-43(32)12-17)15-44-31-40-27-21(30(41-31)42-13-18-2-3-19(14-42)39-18)8-16(10-36)24(26(27)35)20-4-5-23(34)28-25(20)22(11-37)29(38)45-28/h4-5,8,17-19,39H,1-3,6-7,9,12-15,38H2/t17-,18-,19+,32+/m1/s1. The summed E-state index contributed by atoms with van der Waals surface area (Å²) in [6, 6.07) is 8.72. The van der Waals surface area contributed by atoms with Gasteiger partial charge >= 0.3 is 6.01 Å². The molecule has 4 fully saturated rings. The first-order chi connectivity index (χ1) is 21.8. The third kappa shape index (κ3) is 4.40. The van der Waals surface area contributed by atoms with E-state index in [1.54, 1.807) is 6.07 Å². The Morgan fingerprint density at radius 1 is 1.13 bits per heavy atom. The number of anilines is 2. The van der Waals surface area contributed by atoms with E-state index in [9.17, 15) is 19.3 Å².